The molecule has 7 heteroatoms. The second kappa shape index (κ2) is 11.1. The summed E-state index contributed by atoms with van der Waals surface area (Å²) in [6.07, 6.45) is 3.23. The van der Waals surface area contributed by atoms with Crippen molar-refractivity contribution in [1.82, 2.24) is 0 Å². The van der Waals surface area contributed by atoms with E-state index in [0.29, 0.717) is 24.2 Å². The summed E-state index contributed by atoms with van der Waals surface area (Å²) in [5, 5.41) is 11.7. The third kappa shape index (κ3) is 5.78. The Kier molecular flexibility index (Phi) is 7.62. The molecule has 0 spiro atoms. The molecule has 1 aliphatic rings. The second-order valence-corrected chi connectivity index (χ2v) is 12.0. The predicted octanol–water partition coefficient (Wildman–Crippen LogP) is 6.73. The summed E-state index contributed by atoms with van der Waals surface area (Å²) in [4.78, 5) is 13.3. The van der Waals surface area contributed by atoms with Crippen molar-refractivity contribution in [2.75, 3.05) is 4.72 Å². The van der Waals surface area contributed by atoms with Gasteiger partial charge in [0.25, 0.3) is 10.0 Å². The molecule has 2 atom stereocenters. The van der Waals surface area contributed by atoms with Crippen LogP contribution in [0, 0.1) is 12.8 Å². The summed E-state index contributed by atoms with van der Waals surface area (Å²) >= 11 is 0. The fourth-order valence-electron chi connectivity index (χ4n) is 5.24. The molecule has 3 aromatic carbocycles. The molecule has 1 heterocycles. The zero-order valence-electron chi connectivity index (χ0n) is 22.1. The molecule has 4 aromatic rings. The van der Waals surface area contributed by atoms with Crippen molar-refractivity contribution < 1.29 is 17.9 Å². The Morgan fingerprint density at radius 2 is 1.56 bits per heavy atom. The highest BCUT2D eigenvalue weighted by molar-refractivity contribution is 7.92. The van der Waals surface area contributed by atoms with E-state index in [2.05, 4.69) is 4.72 Å². The number of sulfonamides is 1. The van der Waals surface area contributed by atoms with E-state index in [-0.39, 0.29) is 28.4 Å². The number of aryl methyl sites for hydroxylation is 1. The van der Waals surface area contributed by atoms with Crippen LogP contribution in [0.1, 0.15) is 66.0 Å². The Morgan fingerprint density at radius 1 is 0.949 bits per heavy atom. The predicted molar refractivity (Wildman–Crippen MR) is 153 cm³/mol. The summed E-state index contributed by atoms with van der Waals surface area (Å²) in [5.41, 5.74) is 2.12. The van der Waals surface area contributed by atoms with Crippen LogP contribution in [0.4, 0.5) is 5.69 Å². The van der Waals surface area contributed by atoms with Crippen LogP contribution < -0.4 is 10.3 Å². The van der Waals surface area contributed by atoms with Gasteiger partial charge in [-0.25, -0.2) is 13.2 Å². The van der Waals surface area contributed by atoms with Crippen molar-refractivity contribution in [3.63, 3.8) is 0 Å². The van der Waals surface area contributed by atoms with Gasteiger partial charge in [0.1, 0.15) is 5.76 Å². The monoisotopic (exact) mass is 543 g/mol. The van der Waals surface area contributed by atoms with E-state index in [9.17, 15) is 18.3 Å². The van der Waals surface area contributed by atoms with Gasteiger partial charge in [-0.3, -0.25) is 4.72 Å². The minimum Gasteiger partial charge on any atom is -0.505 e. The van der Waals surface area contributed by atoms with Crippen molar-refractivity contribution in [2.45, 2.75) is 56.3 Å². The number of rotatable bonds is 10. The van der Waals surface area contributed by atoms with Crippen LogP contribution in [-0.2, 0) is 16.4 Å². The first kappa shape index (κ1) is 26.8. The highest BCUT2D eigenvalue weighted by atomic mass is 32.2. The summed E-state index contributed by atoms with van der Waals surface area (Å²) in [5.74, 6) is -0.112. The summed E-state index contributed by atoms with van der Waals surface area (Å²) in [6.45, 7) is 3.88. The van der Waals surface area contributed by atoms with Crippen molar-refractivity contribution in [3.05, 3.63) is 123 Å². The molecule has 5 rings (SSSR count). The molecule has 1 fully saturated rings. The lowest BCUT2D eigenvalue weighted by Gasteiger charge is -2.26. The van der Waals surface area contributed by atoms with Crippen molar-refractivity contribution >= 4 is 15.7 Å². The molecule has 39 heavy (non-hydrogen) atoms. The number of aromatic hydroxyl groups is 1. The van der Waals surface area contributed by atoms with Crippen LogP contribution >= 0.6 is 0 Å². The van der Waals surface area contributed by atoms with E-state index in [4.69, 9.17) is 4.42 Å². The number of anilines is 1. The molecule has 0 bridgehead atoms. The van der Waals surface area contributed by atoms with E-state index in [1.807, 2.05) is 74.5 Å². The number of hydrogen-bond acceptors (Lipinski definition) is 5. The van der Waals surface area contributed by atoms with Gasteiger partial charge in [-0.1, -0.05) is 85.3 Å². The maximum absolute atomic E-state index is 13.3. The molecule has 202 valence electrons. The molecule has 1 saturated carbocycles. The molecular weight excluding hydrogens is 510 g/mol. The van der Waals surface area contributed by atoms with Crippen LogP contribution in [-0.4, -0.2) is 13.5 Å². The van der Waals surface area contributed by atoms with E-state index in [1.54, 1.807) is 12.1 Å². The normalized spacial score (nSPS) is 15.0. The van der Waals surface area contributed by atoms with Gasteiger partial charge in [0, 0.05) is 17.4 Å². The Morgan fingerprint density at radius 3 is 2.15 bits per heavy atom. The van der Waals surface area contributed by atoms with Gasteiger partial charge in [0.2, 0.25) is 0 Å². The maximum atomic E-state index is 13.3. The van der Waals surface area contributed by atoms with Crippen molar-refractivity contribution in [3.8, 4) is 5.75 Å². The molecular formula is C32H33NO5S. The quantitative estimate of drug-likeness (QED) is 0.231. The molecule has 2 unspecified atom stereocenters. The average molecular weight is 544 g/mol. The Hall–Kier alpha value is -3.84. The van der Waals surface area contributed by atoms with Crippen molar-refractivity contribution in [2.24, 2.45) is 5.92 Å². The molecule has 1 aromatic heterocycles. The summed E-state index contributed by atoms with van der Waals surface area (Å²) in [7, 11) is -4.14. The smallest absolute Gasteiger partial charge is 0.364 e. The molecule has 0 saturated heterocycles. The van der Waals surface area contributed by atoms with Crippen LogP contribution in [0.2, 0.25) is 0 Å². The molecule has 0 amide bonds. The van der Waals surface area contributed by atoms with Gasteiger partial charge in [-0.05, 0) is 61.8 Å². The molecule has 0 aliphatic heterocycles. The zero-order valence-corrected chi connectivity index (χ0v) is 22.9. The number of nitrogens with one attached hydrogen (secondary N) is 1. The first-order valence-electron chi connectivity index (χ1n) is 13.4. The van der Waals surface area contributed by atoms with E-state index >= 15 is 0 Å². The second-order valence-electron chi connectivity index (χ2n) is 10.3. The van der Waals surface area contributed by atoms with Crippen LogP contribution in [0.5, 0.6) is 5.75 Å². The first-order valence-corrected chi connectivity index (χ1v) is 14.8. The lowest BCUT2D eigenvalue weighted by atomic mass is 9.81. The highest BCUT2D eigenvalue weighted by Crippen LogP contribution is 2.52. The van der Waals surface area contributed by atoms with E-state index in [1.165, 1.54) is 12.1 Å². The average Bonchev–Trinajstić information content (AvgIpc) is 3.78. The van der Waals surface area contributed by atoms with Crippen LogP contribution in [0.3, 0.4) is 0 Å². The minimum atomic E-state index is -4.14. The van der Waals surface area contributed by atoms with Gasteiger partial charge in [-0.15, -0.1) is 0 Å². The molecule has 2 N–H and O–H groups in total. The minimum absolute atomic E-state index is 0.00478. The Labute approximate surface area is 229 Å². The fourth-order valence-corrected chi connectivity index (χ4v) is 6.30. The largest absolute Gasteiger partial charge is 0.505 e. The SMILES string of the molecule is CCC(Cc1ccccc1)c1oc(=O)c(NS(=O)(=O)c2ccc(C)cc2)c(O)c1C(c1ccccc1)C1CC1. The summed E-state index contributed by atoms with van der Waals surface area (Å²) in [6, 6.07) is 26.1. The molecule has 0 radical (unpaired) electrons. The third-order valence-corrected chi connectivity index (χ3v) is 8.85. The van der Waals surface area contributed by atoms with Gasteiger partial charge in [0.05, 0.1) is 4.90 Å². The lowest BCUT2D eigenvalue weighted by molar-refractivity contribution is 0.379. The molecule has 1 aliphatic carbocycles. The van der Waals surface area contributed by atoms with E-state index in [0.717, 1.165) is 29.5 Å². The van der Waals surface area contributed by atoms with Gasteiger partial charge >= 0.3 is 5.63 Å². The maximum Gasteiger partial charge on any atom is 0.364 e. The van der Waals surface area contributed by atoms with Gasteiger partial charge in [-0.2, -0.15) is 0 Å². The first-order chi connectivity index (χ1) is 18.8. The van der Waals surface area contributed by atoms with E-state index < -0.39 is 21.3 Å². The number of hydrogen-bond donors (Lipinski definition) is 2. The standard InChI is InChI=1S/C32H33NO5S/c1-3-23(20-22-10-6-4-7-11-22)31-28(27(25-16-17-25)24-12-8-5-9-13-24)30(34)29(32(35)38-31)33-39(36,37)26-18-14-21(2)15-19-26/h4-15,18-19,23,25,27,33-34H,3,16-17,20H2,1-2H3. The van der Waals surface area contributed by atoms with Gasteiger partial charge < -0.3 is 9.52 Å². The van der Waals surface area contributed by atoms with Crippen LogP contribution in [0.25, 0.3) is 0 Å². The number of benzene rings is 3. The fraction of sp³-hybridized carbons (Fsp3) is 0.281. The topological polar surface area (TPSA) is 96.6 Å². The highest BCUT2D eigenvalue weighted by Gasteiger charge is 2.40. The third-order valence-electron chi connectivity index (χ3n) is 7.48. The Bertz CT molecular complexity index is 1590. The summed E-state index contributed by atoms with van der Waals surface area (Å²) < 4.78 is 34.8. The van der Waals surface area contributed by atoms with Crippen LogP contribution in [0.15, 0.2) is 99.0 Å². The lowest BCUT2D eigenvalue weighted by Crippen LogP contribution is -2.22. The molecule has 6 nitrogen and oxygen atoms in total. The van der Waals surface area contributed by atoms with Gasteiger partial charge in [0.15, 0.2) is 11.4 Å². The Balaban J connectivity index is 1.67. The zero-order chi connectivity index (χ0) is 27.6. The van der Waals surface area contributed by atoms with Crippen molar-refractivity contribution in [1.29, 1.82) is 0 Å².